The summed E-state index contributed by atoms with van der Waals surface area (Å²) in [7, 11) is 0. The Labute approximate surface area is 261 Å². The van der Waals surface area contributed by atoms with Crippen molar-refractivity contribution in [2.45, 2.75) is 32.1 Å². The minimum atomic E-state index is -1.43. The van der Waals surface area contributed by atoms with E-state index in [0.717, 1.165) is 21.3 Å². The van der Waals surface area contributed by atoms with Gasteiger partial charge in [-0.25, -0.2) is 9.29 Å². The monoisotopic (exact) mass is 630 g/mol. The highest BCUT2D eigenvalue weighted by Gasteiger charge is 2.68. The molecule has 11 heteroatoms. The molecule has 0 spiro atoms. The number of anilines is 1. The summed E-state index contributed by atoms with van der Waals surface area (Å²) in [5.74, 6) is -8.00. The predicted molar refractivity (Wildman–Crippen MR) is 161 cm³/mol. The quantitative estimate of drug-likeness (QED) is 0.298. The van der Waals surface area contributed by atoms with E-state index in [2.05, 4.69) is 0 Å². The minimum absolute atomic E-state index is 0.0767. The molecular weight excluding hydrogens is 603 g/mol. The Morgan fingerprint density at radius 3 is 2.51 bits per heavy atom. The number of halogens is 2. The Kier molecular flexibility index (Phi) is 6.63. The molecule has 4 amide bonds. The molecule has 1 saturated carbocycles. The second-order valence-corrected chi connectivity index (χ2v) is 12.9. The number of aliphatic carboxylic acids is 1. The summed E-state index contributed by atoms with van der Waals surface area (Å²) < 4.78 is 14.1. The van der Waals surface area contributed by atoms with Crippen LogP contribution in [0.1, 0.15) is 37.7 Å². The molecule has 2 heterocycles. The summed E-state index contributed by atoms with van der Waals surface area (Å²) in [6.45, 7) is 1.44. The normalized spacial score (nSPS) is 29.1. The maximum atomic E-state index is 14.6. The summed E-state index contributed by atoms with van der Waals surface area (Å²) in [6.07, 6.45) is 1.73. The van der Waals surface area contributed by atoms with Crippen LogP contribution in [-0.4, -0.2) is 51.3 Å². The number of carbonyl (C=O) groups is 5. The maximum absolute atomic E-state index is 14.6. The minimum Gasteiger partial charge on any atom is -0.508 e. The van der Waals surface area contributed by atoms with Crippen LogP contribution in [-0.2, 0) is 24.0 Å². The first kappa shape index (κ1) is 29.2. The Balaban J connectivity index is 1.42. The van der Waals surface area contributed by atoms with Crippen LogP contribution in [0, 0.1) is 34.9 Å². The molecule has 6 unspecified atom stereocenters. The fourth-order valence-electron chi connectivity index (χ4n) is 8.27. The van der Waals surface area contributed by atoms with Crippen LogP contribution in [0.25, 0.3) is 10.8 Å². The number of fused-ring (bicyclic) bond motifs is 5. The van der Waals surface area contributed by atoms with E-state index >= 15 is 0 Å². The van der Waals surface area contributed by atoms with E-state index < -0.39 is 76.8 Å². The third-order valence-corrected chi connectivity index (χ3v) is 10.6. The number of phenolic OH excluding ortho intramolecular Hbond substituents is 1. The molecule has 0 radical (unpaired) electrons. The number of hydrogen-bond donors (Lipinski definition) is 2. The molecule has 2 N–H and O–H groups in total. The third-order valence-electron chi connectivity index (χ3n) is 10.3. The van der Waals surface area contributed by atoms with Crippen molar-refractivity contribution < 1.29 is 38.6 Å². The number of rotatable bonds is 5. The second-order valence-electron chi connectivity index (χ2n) is 12.5. The van der Waals surface area contributed by atoms with Crippen molar-refractivity contribution in [2.75, 3.05) is 11.4 Å². The Bertz CT molecular complexity index is 1890. The third kappa shape index (κ3) is 4.08. The summed E-state index contributed by atoms with van der Waals surface area (Å²) in [5, 5.41) is 21.9. The van der Waals surface area contributed by atoms with Crippen molar-refractivity contribution in [2.24, 2.45) is 29.1 Å². The van der Waals surface area contributed by atoms with E-state index in [1.165, 1.54) is 12.1 Å². The molecule has 7 rings (SSSR count). The first-order valence-corrected chi connectivity index (χ1v) is 15.1. The molecule has 2 aliphatic carbocycles. The van der Waals surface area contributed by atoms with Gasteiger partial charge in [0.1, 0.15) is 11.6 Å². The Hall–Kier alpha value is -4.57. The zero-order valence-corrected chi connectivity index (χ0v) is 24.8. The lowest BCUT2D eigenvalue weighted by Crippen LogP contribution is -2.49. The largest absolute Gasteiger partial charge is 0.508 e. The Morgan fingerprint density at radius 1 is 1.02 bits per heavy atom. The van der Waals surface area contributed by atoms with Gasteiger partial charge in [-0.2, -0.15) is 0 Å². The van der Waals surface area contributed by atoms with Gasteiger partial charge in [0.2, 0.25) is 23.6 Å². The van der Waals surface area contributed by atoms with Crippen molar-refractivity contribution in [3.8, 4) is 5.75 Å². The fourth-order valence-corrected chi connectivity index (χ4v) is 8.45. The molecule has 4 aliphatic rings. The summed E-state index contributed by atoms with van der Waals surface area (Å²) in [6, 6.07) is 14.3. The number of benzene rings is 3. The van der Waals surface area contributed by atoms with Gasteiger partial charge in [-0.05, 0) is 60.7 Å². The molecule has 3 aromatic carbocycles. The lowest BCUT2D eigenvalue weighted by atomic mass is 9.51. The second kappa shape index (κ2) is 10.2. The van der Waals surface area contributed by atoms with Crippen LogP contribution < -0.4 is 4.90 Å². The van der Waals surface area contributed by atoms with Gasteiger partial charge in [-0.1, -0.05) is 53.6 Å². The molecule has 2 aliphatic heterocycles. The molecule has 3 fully saturated rings. The number of likely N-dealkylation sites (tertiary alicyclic amines) is 1. The van der Waals surface area contributed by atoms with Crippen LogP contribution in [0.2, 0.25) is 5.02 Å². The van der Waals surface area contributed by atoms with Crippen LogP contribution >= 0.6 is 11.6 Å². The SMILES string of the molecule is CC12C(=O)N(c3ccc(F)c(Cl)c3)C(=O)C1CC1C(=CCC3C(=O)N(CCC(=O)O)C(=O)C31)C2c1c(O)ccc2ccccc12. The molecule has 0 bridgehead atoms. The average molecular weight is 631 g/mol. The number of carboxylic acid groups (broad SMARTS) is 1. The molecule has 0 aromatic heterocycles. The van der Waals surface area contributed by atoms with Gasteiger partial charge >= 0.3 is 5.97 Å². The van der Waals surface area contributed by atoms with Crippen molar-refractivity contribution in [3.63, 3.8) is 0 Å². The zero-order valence-electron chi connectivity index (χ0n) is 24.1. The number of carbonyl (C=O) groups excluding carboxylic acids is 4. The maximum Gasteiger partial charge on any atom is 0.305 e. The highest BCUT2D eigenvalue weighted by molar-refractivity contribution is 6.31. The van der Waals surface area contributed by atoms with E-state index in [1.54, 1.807) is 19.1 Å². The van der Waals surface area contributed by atoms with E-state index in [9.17, 15) is 38.6 Å². The van der Waals surface area contributed by atoms with E-state index in [1.807, 2.05) is 30.3 Å². The van der Waals surface area contributed by atoms with Crippen LogP contribution in [0.4, 0.5) is 10.1 Å². The first-order valence-electron chi connectivity index (χ1n) is 14.8. The number of nitrogens with zero attached hydrogens (tertiary/aromatic N) is 2. The van der Waals surface area contributed by atoms with Crippen LogP contribution in [0.3, 0.4) is 0 Å². The van der Waals surface area contributed by atoms with Gasteiger partial charge in [0.25, 0.3) is 0 Å². The number of carboxylic acids is 1. The summed E-state index contributed by atoms with van der Waals surface area (Å²) in [4.78, 5) is 69.4. The lowest BCUT2D eigenvalue weighted by Gasteiger charge is -2.49. The standard InChI is InChI=1S/C34H28ClFN2O7/c1-34-22(31(43)38(33(34)45)17-7-10-24(36)23(35)14-17)15-21-19(29(34)28-18-5-3-2-4-16(18)6-11-25(28)39)8-9-20-27(21)32(44)37(30(20)42)13-12-26(40)41/h2-8,10-11,14,20-22,27,29,39H,9,12-13,15H2,1H3,(H,40,41). The van der Waals surface area contributed by atoms with Crippen molar-refractivity contribution >= 4 is 57.7 Å². The van der Waals surface area contributed by atoms with E-state index in [4.69, 9.17) is 11.6 Å². The molecule has 230 valence electrons. The van der Waals surface area contributed by atoms with Gasteiger partial charge in [0.15, 0.2) is 0 Å². The van der Waals surface area contributed by atoms with Crippen LogP contribution in [0.5, 0.6) is 5.75 Å². The number of hydrogen-bond acceptors (Lipinski definition) is 6. The summed E-state index contributed by atoms with van der Waals surface area (Å²) >= 11 is 6.06. The first-order chi connectivity index (χ1) is 21.4. The van der Waals surface area contributed by atoms with E-state index in [-0.39, 0.29) is 35.8 Å². The Morgan fingerprint density at radius 2 is 1.78 bits per heavy atom. The number of allylic oxidation sites excluding steroid dienone is 2. The zero-order chi connectivity index (χ0) is 31.9. The van der Waals surface area contributed by atoms with Gasteiger partial charge in [-0.15, -0.1) is 0 Å². The van der Waals surface area contributed by atoms with Gasteiger partial charge in [0.05, 0.1) is 40.3 Å². The fraction of sp³-hybridized carbons (Fsp3) is 0.324. The highest BCUT2D eigenvalue weighted by Crippen LogP contribution is 2.65. The molecular formula is C34H28ClFN2O7. The number of imide groups is 2. The number of phenols is 1. The van der Waals surface area contributed by atoms with Gasteiger partial charge < -0.3 is 10.2 Å². The highest BCUT2D eigenvalue weighted by atomic mass is 35.5. The molecule has 2 saturated heterocycles. The summed E-state index contributed by atoms with van der Waals surface area (Å²) in [5.41, 5.74) is -0.198. The molecule has 9 nitrogen and oxygen atoms in total. The lowest BCUT2D eigenvalue weighted by molar-refractivity contribution is -0.142. The van der Waals surface area contributed by atoms with Crippen molar-refractivity contribution in [1.29, 1.82) is 0 Å². The van der Waals surface area contributed by atoms with Gasteiger partial charge in [0, 0.05) is 18.0 Å². The number of aromatic hydroxyl groups is 1. The predicted octanol–water partition coefficient (Wildman–Crippen LogP) is 5.04. The molecule has 6 atom stereocenters. The van der Waals surface area contributed by atoms with Crippen molar-refractivity contribution in [3.05, 3.63) is 82.6 Å². The molecule has 3 aromatic rings. The number of amides is 4. The molecule has 45 heavy (non-hydrogen) atoms. The topological polar surface area (TPSA) is 132 Å². The van der Waals surface area contributed by atoms with E-state index in [0.29, 0.717) is 16.5 Å². The van der Waals surface area contributed by atoms with Gasteiger partial charge in [-0.3, -0.25) is 28.9 Å². The average Bonchev–Trinajstić information content (AvgIpc) is 3.37. The van der Waals surface area contributed by atoms with Crippen LogP contribution in [0.15, 0.2) is 66.2 Å². The van der Waals surface area contributed by atoms with Crippen molar-refractivity contribution in [1.82, 2.24) is 4.90 Å². The smallest absolute Gasteiger partial charge is 0.305 e.